The van der Waals surface area contributed by atoms with E-state index in [-0.39, 0.29) is 6.42 Å². The smallest absolute Gasteiger partial charge is 0.326 e. The van der Waals surface area contributed by atoms with Crippen LogP contribution in [0.1, 0.15) is 12.5 Å². The van der Waals surface area contributed by atoms with Gasteiger partial charge in [0.25, 0.3) is 5.91 Å². The van der Waals surface area contributed by atoms with Gasteiger partial charge in [0.1, 0.15) is 11.8 Å². The van der Waals surface area contributed by atoms with Crippen molar-refractivity contribution in [2.45, 2.75) is 25.5 Å². The fourth-order valence-corrected chi connectivity index (χ4v) is 3.62. The zero-order valence-electron chi connectivity index (χ0n) is 17.6. The first-order chi connectivity index (χ1) is 15.5. The van der Waals surface area contributed by atoms with E-state index in [1.165, 1.54) is 0 Å². The van der Waals surface area contributed by atoms with Crippen LogP contribution in [0.3, 0.4) is 0 Å². The molecule has 0 saturated carbocycles. The summed E-state index contributed by atoms with van der Waals surface area (Å²) in [5.41, 5.74) is 3.89. The average molecular weight is 428 g/mol. The van der Waals surface area contributed by atoms with E-state index < -0.39 is 24.0 Å². The summed E-state index contributed by atoms with van der Waals surface area (Å²) >= 11 is 0. The summed E-state index contributed by atoms with van der Waals surface area (Å²) in [5, 5.41) is 13.2. The summed E-state index contributed by atoms with van der Waals surface area (Å²) in [6.45, 7) is 1.60. The summed E-state index contributed by atoms with van der Waals surface area (Å²) in [4.78, 5) is 27.5. The summed E-state index contributed by atoms with van der Waals surface area (Å²) < 4.78 is 5.74. The molecule has 32 heavy (non-hydrogen) atoms. The van der Waals surface area contributed by atoms with Gasteiger partial charge >= 0.3 is 5.97 Å². The number of para-hydroxylation sites is 1. The minimum absolute atomic E-state index is 0.170. The molecule has 0 aliphatic rings. The van der Waals surface area contributed by atoms with Crippen molar-refractivity contribution in [2.75, 3.05) is 0 Å². The molecule has 6 nitrogen and oxygen atoms in total. The van der Waals surface area contributed by atoms with Gasteiger partial charge in [0, 0.05) is 23.5 Å². The predicted molar refractivity (Wildman–Crippen MR) is 124 cm³/mol. The van der Waals surface area contributed by atoms with Crippen LogP contribution in [0.5, 0.6) is 5.75 Å². The molecular weight excluding hydrogens is 404 g/mol. The molecule has 3 aromatic carbocycles. The van der Waals surface area contributed by atoms with Gasteiger partial charge in [0.15, 0.2) is 6.10 Å². The van der Waals surface area contributed by atoms with E-state index in [0.717, 1.165) is 27.6 Å². The van der Waals surface area contributed by atoms with Crippen molar-refractivity contribution in [3.8, 4) is 16.9 Å². The number of H-pyrrole nitrogens is 1. The van der Waals surface area contributed by atoms with Gasteiger partial charge in [-0.2, -0.15) is 0 Å². The zero-order chi connectivity index (χ0) is 22.5. The first kappa shape index (κ1) is 21.2. The lowest BCUT2D eigenvalue weighted by Crippen LogP contribution is -2.47. The van der Waals surface area contributed by atoms with Crippen molar-refractivity contribution in [3.05, 3.63) is 90.6 Å². The Morgan fingerprint density at radius 2 is 1.59 bits per heavy atom. The Bertz CT molecular complexity index is 1220. The summed E-state index contributed by atoms with van der Waals surface area (Å²) in [5.74, 6) is -1.04. The highest BCUT2D eigenvalue weighted by Crippen LogP contribution is 2.23. The number of carboxylic acids is 1. The number of aromatic nitrogens is 1. The molecule has 0 spiro atoms. The van der Waals surface area contributed by atoms with Gasteiger partial charge in [-0.15, -0.1) is 0 Å². The Morgan fingerprint density at radius 1 is 0.938 bits per heavy atom. The zero-order valence-corrected chi connectivity index (χ0v) is 17.6. The molecule has 0 fully saturated rings. The van der Waals surface area contributed by atoms with E-state index in [0.29, 0.717) is 5.75 Å². The lowest BCUT2D eigenvalue weighted by Gasteiger charge is -2.19. The summed E-state index contributed by atoms with van der Waals surface area (Å²) in [6.07, 6.45) is 1.10. The molecule has 162 valence electrons. The highest BCUT2D eigenvalue weighted by atomic mass is 16.5. The molecule has 1 amide bonds. The number of aliphatic carboxylic acids is 1. The van der Waals surface area contributed by atoms with Crippen LogP contribution in [-0.2, 0) is 16.0 Å². The highest BCUT2D eigenvalue weighted by molar-refractivity contribution is 5.88. The third kappa shape index (κ3) is 4.81. The Morgan fingerprint density at radius 3 is 2.31 bits per heavy atom. The van der Waals surface area contributed by atoms with Crippen molar-refractivity contribution in [1.29, 1.82) is 0 Å². The van der Waals surface area contributed by atoms with Gasteiger partial charge < -0.3 is 20.1 Å². The fraction of sp³-hybridized carbons (Fsp3) is 0.154. The van der Waals surface area contributed by atoms with E-state index >= 15 is 0 Å². The van der Waals surface area contributed by atoms with Gasteiger partial charge in [0.2, 0.25) is 0 Å². The molecule has 0 bridgehead atoms. The molecule has 4 rings (SSSR count). The Hall–Kier alpha value is -4.06. The number of rotatable bonds is 8. The first-order valence-electron chi connectivity index (χ1n) is 10.4. The van der Waals surface area contributed by atoms with Crippen molar-refractivity contribution in [3.63, 3.8) is 0 Å². The van der Waals surface area contributed by atoms with E-state index in [4.69, 9.17) is 4.74 Å². The van der Waals surface area contributed by atoms with Crippen LogP contribution in [-0.4, -0.2) is 34.1 Å². The number of carbonyl (C=O) groups excluding carboxylic acids is 1. The third-order valence-corrected chi connectivity index (χ3v) is 5.36. The van der Waals surface area contributed by atoms with Gasteiger partial charge in [0.05, 0.1) is 0 Å². The van der Waals surface area contributed by atoms with Gasteiger partial charge in [-0.3, -0.25) is 4.79 Å². The second kappa shape index (κ2) is 9.39. The molecule has 0 radical (unpaired) electrons. The SMILES string of the molecule is CC(Oc1ccc(-c2ccccc2)cc1)C(=O)NC(Cc1c[nH]c2ccccc12)C(=O)O. The highest BCUT2D eigenvalue weighted by Gasteiger charge is 2.25. The molecule has 0 aliphatic carbocycles. The number of carboxylic acid groups (broad SMARTS) is 1. The van der Waals surface area contributed by atoms with Crippen molar-refractivity contribution < 1.29 is 19.4 Å². The van der Waals surface area contributed by atoms with E-state index in [1.807, 2.05) is 66.7 Å². The standard InChI is InChI=1S/C26H24N2O4/c1-17(32-21-13-11-19(12-14-21)18-7-3-2-4-8-18)25(29)28-24(26(30)31)15-20-16-27-23-10-6-5-9-22(20)23/h2-14,16-17,24,27H,15H2,1H3,(H,28,29)(H,30,31). The van der Waals surface area contributed by atoms with Gasteiger partial charge in [-0.05, 0) is 41.8 Å². The molecule has 2 atom stereocenters. The molecule has 1 heterocycles. The minimum Gasteiger partial charge on any atom is -0.481 e. The molecule has 2 unspecified atom stereocenters. The average Bonchev–Trinajstić information content (AvgIpc) is 3.22. The molecule has 0 saturated heterocycles. The number of hydrogen-bond donors (Lipinski definition) is 3. The number of benzene rings is 3. The van der Waals surface area contributed by atoms with Gasteiger partial charge in [-0.1, -0.05) is 60.7 Å². The maximum Gasteiger partial charge on any atom is 0.326 e. The van der Waals surface area contributed by atoms with Crippen LogP contribution in [0, 0.1) is 0 Å². The number of nitrogens with one attached hydrogen (secondary N) is 2. The Labute approximate surface area is 185 Å². The van der Waals surface area contributed by atoms with E-state index in [2.05, 4.69) is 10.3 Å². The van der Waals surface area contributed by atoms with Crippen LogP contribution in [0.2, 0.25) is 0 Å². The normalized spacial score (nSPS) is 12.8. The molecule has 6 heteroatoms. The number of aromatic amines is 1. The lowest BCUT2D eigenvalue weighted by atomic mass is 10.0. The van der Waals surface area contributed by atoms with Crippen LogP contribution in [0.15, 0.2) is 85.1 Å². The largest absolute Gasteiger partial charge is 0.481 e. The third-order valence-electron chi connectivity index (χ3n) is 5.36. The summed E-state index contributed by atoms with van der Waals surface area (Å²) in [6, 6.07) is 24.0. The van der Waals surface area contributed by atoms with Crippen LogP contribution in [0.25, 0.3) is 22.0 Å². The Kier molecular flexibility index (Phi) is 6.22. The number of carbonyl (C=O) groups is 2. The molecular formula is C26H24N2O4. The first-order valence-corrected chi connectivity index (χ1v) is 10.4. The van der Waals surface area contributed by atoms with Crippen molar-refractivity contribution >= 4 is 22.8 Å². The number of ether oxygens (including phenoxy) is 1. The maximum absolute atomic E-state index is 12.6. The second-order valence-corrected chi connectivity index (χ2v) is 7.61. The quantitative estimate of drug-likeness (QED) is 0.388. The second-order valence-electron chi connectivity index (χ2n) is 7.61. The van der Waals surface area contributed by atoms with Crippen molar-refractivity contribution in [2.24, 2.45) is 0 Å². The van der Waals surface area contributed by atoms with Crippen LogP contribution < -0.4 is 10.1 Å². The Balaban J connectivity index is 1.39. The van der Waals surface area contributed by atoms with Crippen LogP contribution in [0.4, 0.5) is 0 Å². The van der Waals surface area contributed by atoms with Gasteiger partial charge in [-0.25, -0.2) is 4.79 Å². The maximum atomic E-state index is 12.6. The summed E-state index contributed by atoms with van der Waals surface area (Å²) in [7, 11) is 0. The number of amides is 1. The number of fused-ring (bicyclic) bond motifs is 1. The molecule has 4 aromatic rings. The molecule has 3 N–H and O–H groups in total. The topological polar surface area (TPSA) is 91.4 Å². The van der Waals surface area contributed by atoms with Crippen molar-refractivity contribution in [1.82, 2.24) is 10.3 Å². The lowest BCUT2D eigenvalue weighted by molar-refractivity contribution is -0.142. The van der Waals surface area contributed by atoms with Crippen LogP contribution >= 0.6 is 0 Å². The minimum atomic E-state index is -1.09. The fourth-order valence-electron chi connectivity index (χ4n) is 3.62. The molecule has 0 aliphatic heterocycles. The van der Waals surface area contributed by atoms with E-state index in [9.17, 15) is 14.7 Å². The number of hydrogen-bond acceptors (Lipinski definition) is 3. The molecule has 1 aromatic heterocycles. The van der Waals surface area contributed by atoms with E-state index in [1.54, 1.807) is 25.3 Å². The predicted octanol–water partition coefficient (Wildman–Crippen LogP) is 4.41. The monoisotopic (exact) mass is 428 g/mol.